The fourth-order valence-electron chi connectivity index (χ4n) is 2.37. The Bertz CT molecular complexity index is 562. The Morgan fingerprint density at radius 3 is 2.63 bits per heavy atom. The summed E-state index contributed by atoms with van der Waals surface area (Å²) in [4.78, 5) is 0.102. The SMILES string of the molecule is NC1CCCC(Nc2ccc(S(N)(=O)=O)cc2Br)C1. The van der Waals surface area contributed by atoms with Crippen molar-refractivity contribution in [3.8, 4) is 0 Å². The summed E-state index contributed by atoms with van der Waals surface area (Å²) >= 11 is 3.37. The van der Waals surface area contributed by atoms with Gasteiger partial charge in [0.05, 0.1) is 4.90 Å². The molecule has 106 valence electrons. The average Bonchev–Trinajstić information content (AvgIpc) is 2.30. The number of primary sulfonamides is 1. The molecule has 1 aromatic rings. The Labute approximate surface area is 121 Å². The lowest BCUT2D eigenvalue weighted by atomic mass is 9.91. The molecule has 2 unspecified atom stereocenters. The number of sulfonamides is 1. The summed E-state index contributed by atoms with van der Waals surface area (Å²) in [5.74, 6) is 0. The molecule has 2 rings (SSSR count). The van der Waals surface area contributed by atoms with E-state index in [1.54, 1.807) is 6.07 Å². The monoisotopic (exact) mass is 347 g/mol. The summed E-state index contributed by atoms with van der Waals surface area (Å²) in [5.41, 5.74) is 6.82. The van der Waals surface area contributed by atoms with Crippen molar-refractivity contribution in [3.63, 3.8) is 0 Å². The summed E-state index contributed by atoms with van der Waals surface area (Å²) in [6.07, 6.45) is 4.20. The number of halogens is 1. The molecule has 1 fully saturated rings. The summed E-state index contributed by atoms with van der Waals surface area (Å²) in [7, 11) is -3.66. The van der Waals surface area contributed by atoms with Crippen LogP contribution in [0.25, 0.3) is 0 Å². The molecule has 19 heavy (non-hydrogen) atoms. The van der Waals surface area contributed by atoms with Crippen molar-refractivity contribution in [2.75, 3.05) is 5.32 Å². The maximum atomic E-state index is 11.2. The third-order valence-electron chi connectivity index (χ3n) is 3.34. The first-order valence-corrected chi connectivity index (χ1v) is 8.54. The zero-order valence-corrected chi connectivity index (χ0v) is 12.9. The van der Waals surface area contributed by atoms with Crippen LogP contribution >= 0.6 is 15.9 Å². The molecular formula is C12H18BrN3O2S. The molecule has 0 amide bonds. The zero-order valence-electron chi connectivity index (χ0n) is 10.5. The van der Waals surface area contributed by atoms with Crippen molar-refractivity contribution < 1.29 is 8.42 Å². The van der Waals surface area contributed by atoms with E-state index < -0.39 is 10.0 Å². The third-order valence-corrected chi connectivity index (χ3v) is 4.91. The van der Waals surface area contributed by atoms with Crippen LogP contribution in [0, 0.1) is 0 Å². The molecule has 5 N–H and O–H groups in total. The van der Waals surface area contributed by atoms with Crippen LogP contribution in [0.2, 0.25) is 0 Å². The molecule has 1 aromatic carbocycles. The van der Waals surface area contributed by atoms with E-state index in [4.69, 9.17) is 10.9 Å². The molecule has 7 heteroatoms. The largest absolute Gasteiger partial charge is 0.381 e. The second kappa shape index (κ2) is 5.78. The van der Waals surface area contributed by atoms with Gasteiger partial charge in [-0.25, -0.2) is 13.6 Å². The first-order valence-electron chi connectivity index (χ1n) is 6.21. The molecular weight excluding hydrogens is 330 g/mol. The second-order valence-corrected chi connectivity index (χ2v) is 7.37. The first kappa shape index (κ1) is 14.8. The normalized spacial score (nSPS) is 24.2. The Kier molecular flexibility index (Phi) is 4.50. The number of benzene rings is 1. The average molecular weight is 348 g/mol. The predicted octanol–water partition coefficient (Wildman–Crippen LogP) is 1.78. The quantitative estimate of drug-likeness (QED) is 0.775. The van der Waals surface area contributed by atoms with Crippen molar-refractivity contribution in [3.05, 3.63) is 22.7 Å². The maximum absolute atomic E-state index is 11.2. The van der Waals surface area contributed by atoms with Gasteiger partial charge in [0.1, 0.15) is 0 Å². The molecule has 5 nitrogen and oxygen atoms in total. The highest BCUT2D eigenvalue weighted by Crippen LogP contribution is 2.28. The lowest BCUT2D eigenvalue weighted by Crippen LogP contribution is -2.34. The van der Waals surface area contributed by atoms with Crippen LogP contribution in [0.15, 0.2) is 27.6 Å². The van der Waals surface area contributed by atoms with E-state index >= 15 is 0 Å². The predicted molar refractivity (Wildman–Crippen MR) is 79.4 cm³/mol. The topological polar surface area (TPSA) is 98.2 Å². The molecule has 0 heterocycles. The first-order chi connectivity index (χ1) is 8.86. The van der Waals surface area contributed by atoms with Gasteiger partial charge in [-0.2, -0.15) is 0 Å². The van der Waals surface area contributed by atoms with Crippen molar-refractivity contribution in [1.82, 2.24) is 0 Å². The molecule has 0 aromatic heterocycles. The van der Waals surface area contributed by atoms with Crippen LogP contribution in [-0.2, 0) is 10.0 Å². The van der Waals surface area contributed by atoms with E-state index in [1.807, 2.05) is 0 Å². The number of anilines is 1. The number of hydrogen-bond donors (Lipinski definition) is 3. The van der Waals surface area contributed by atoms with E-state index in [0.717, 1.165) is 31.4 Å². The van der Waals surface area contributed by atoms with Crippen LogP contribution in [0.1, 0.15) is 25.7 Å². The summed E-state index contributed by atoms with van der Waals surface area (Å²) in [6.45, 7) is 0. The molecule has 0 radical (unpaired) electrons. The van der Waals surface area contributed by atoms with Crippen LogP contribution in [0.3, 0.4) is 0 Å². The Morgan fingerprint density at radius 1 is 1.32 bits per heavy atom. The highest BCUT2D eigenvalue weighted by molar-refractivity contribution is 9.10. The standard InChI is InChI=1S/C12H18BrN3O2S/c13-11-7-10(19(15,17)18)4-5-12(11)16-9-3-1-2-8(14)6-9/h4-5,7-9,16H,1-3,6,14H2,(H2,15,17,18). The Balaban J connectivity index is 2.13. The van der Waals surface area contributed by atoms with Gasteiger partial charge in [0, 0.05) is 22.2 Å². The lowest BCUT2D eigenvalue weighted by molar-refractivity contribution is 0.409. The van der Waals surface area contributed by atoms with Gasteiger partial charge >= 0.3 is 0 Å². The molecule has 0 bridgehead atoms. The van der Waals surface area contributed by atoms with Gasteiger partial charge in [-0.15, -0.1) is 0 Å². The molecule has 0 saturated heterocycles. The Hall–Kier alpha value is -0.630. The van der Waals surface area contributed by atoms with Crippen molar-refractivity contribution in [2.45, 2.75) is 42.7 Å². The third kappa shape index (κ3) is 3.92. The van der Waals surface area contributed by atoms with E-state index in [9.17, 15) is 8.42 Å². The van der Waals surface area contributed by atoms with E-state index in [-0.39, 0.29) is 10.9 Å². The van der Waals surface area contributed by atoms with Gasteiger partial charge < -0.3 is 11.1 Å². The van der Waals surface area contributed by atoms with E-state index in [0.29, 0.717) is 10.5 Å². The summed E-state index contributed by atoms with van der Waals surface area (Å²) in [5, 5.41) is 8.49. The van der Waals surface area contributed by atoms with Gasteiger partial charge in [-0.05, 0) is 59.8 Å². The van der Waals surface area contributed by atoms with Gasteiger partial charge in [-0.1, -0.05) is 0 Å². The molecule has 1 aliphatic rings. The van der Waals surface area contributed by atoms with Crippen molar-refractivity contribution >= 4 is 31.6 Å². The number of hydrogen-bond acceptors (Lipinski definition) is 4. The smallest absolute Gasteiger partial charge is 0.238 e. The fourth-order valence-corrected chi connectivity index (χ4v) is 3.55. The second-order valence-electron chi connectivity index (χ2n) is 4.95. The lowest BCUT2D eigenvalue weighted by Gasteiger charge is -2.28. The Morgan fingerprint density at radius 2 is 2.05 bits per heavy atom. The summed E-state index contributed by atoms with van der Waals surface area (Å²) < 4.78 is 23.2. The summed E-state index contributed by atoms with van der Waals surface area (Å²) in [6, 6.07) is 5.32. The van der Waals surface area contributed by atoms with Crippen LogP contribution in [0.5, 0.6) is 0 Å². The number of rotatable bonds is 3. The molecule has 1 aliphatic carbocycles. The van der Waals surface area contributed by atoms with Crippen LogP contribution in [0.4, 0.5) is 5.69 Å². The minimum absolute atomic E-state index is 0.102. The van der Waals surface area contributed by atoms with Gasteiger partial charge in [0.2, 0.25) is 10.0 Å². The molecule has 0 spiro atoms. The highest BCUT2D eigenvalue weighted by atomic mass is 79.9. The van der Waals surface area contributed by atoms with Crippen LogP contribution in [-0.4, -0.2) is 20.5 Å². The van der Waals surface area contributed by atoms with Crippen LogP contribution < -0.4 is 16.2 Å². The molecule has 0 aliphatic heterocycles. The van der Waals surface area contributed by atoms with E-state index in [2.05, 4.69) is 21.2 Å². The minimum atomic E-state index is -3.66. The number of nitrogens with two attached hydrogens (primary N) is 2. The minimum Gasteiger partial charge on any atom is -0.381 e. The molecule has 1 saturated carbocycles. The maximum Gasteiger partial charge on any atom is 0.238 e. The van der Waals surface area contributed by atoms with E-state index in [1.165, 1.54) is 12.1 Å². The number of nitrogens with one attached hydrogen (secondary N) is 1. The highest BCUT2D eigenvalue weighted by Gasteiger charge is 2.20. The van der Waals surface area contributed by atoms with Gasteiger partial charge in [0.15, 0.2) is 0 Å². The van der Waals surface area contributed by atoms with Crippen molar-refractivity contribution in [2.24, 2.45) is 10.9 Å². The van der Waals surface area contributed by atoms with Gasteiger partial charge in [-0.3, -0.25) is 0 Å². The van der Waals surface area contributed by atoms with Crippen molar-refractivity contribution in [1.29, 1.82) is 0 Å². The molecule has 2 atom stereocenters. The zero-order chi connectivity index (χ0) is 14.0. The van der Waals surface area contributed by atoms with Gasteiger partial charge in [0.25, 0.3) is 0 Å². The fraction of sp³-hybridized carbons (Fsp3) is 0.500.